The van der Waals surface area contributed by atoms with Crippen molar-refractivity contribution in [3.05, 3.63) is 0 Å². The fraction of sp³-hybridized carbons (Fsp3) is 0.615. The minimum Gasteiger partial charge on any atom is -0.480 e. The number of amides is 2. The van der Waals surface area contributed by atoms with Gasteiger partial charge in [0.1, 0.15) is 24.7 Å². The molecule has 0 heterocycles. The van der Waals surface area contributed by atoms with Crippen LogP contribution in [0.3, 0.4) is 0 Å². The highest BCUT2D eigenvalue weighted by Gasteiger charge is 2.20. The van der Waals surface area contributed by atoms with E-state index in [1.54, 1.807) is 0 Å². The van der Waals surface area contributed by atoms with Crippen molar-refractivity contribution in [2.24, 2.45) is 11.5 Å². The molecule has 3 atom stereocenters. The fourth-order valence-corrected chi connectivity index (χ4v) is 1.65. The Balaban J connectivity index is -0.000000665. The standard InChI is InChI=1S/C10H17N3O6S.C3H7NO2S.H2S/c11-5(10(18)19)1-2-7(14)13-6(4-20)9(17)12-3-8(15)16;4-2(1-7)3(5)6;/h5-6,20H,1-4,11H2,(H,12,17)(H,13,14)(H,15,16)(H,18,19);2,7H,1,4H2,(H,5,6);1H2/t5-,6-;;/m0../s1. The third-order valence-corrected chi connectivity index (χ3v) is 3.52. The van der Waals surface area contributed by atoms with E-state index in [0.29, 0.717) is 0 Å². The topological polar surface area (TPSA) is 222 Å². The molecule has 0 aromatic rings. The molecule has 0 rings (SSSR count). The number of carbonyl (C=O) groups excluding carboxylic acids is 2. The van der Waals surface area contributed by atoms with Crippen LogP contribution in [0.2, 0.25) is 0 Å². The maximum atomic E-state index is 11.5. The number of aliphatic carboxylic acids is 3. The molecule has 0 saturated carbocycles. The van der Waals surface area contributed by atoms with E-state index in [4.69, 9.17) is 26.8 Å². The second kappa shape index (κ2) is 17.4. The lowest BCUT2D eigenvalue weighted by Crippen LogP contribution is -2.49. The number of carbonyl (C=O) groups is 5. The summed E-state index contributed by atoms with van der Waals surface area (Å²) in [5.41, 5.74) is 10.2. The van der Waals surface area contributed by atoms with Gasteiger partial charge in [-0.15, -0.1) is 0 Å². The Morgan fingerprint density at radius 2 is 1.39 bits per heavy atom. The first-order valence-electron chi connectivity index (χ1n) is 7.43. The molecule has 9 N–H and O–H groups in total. The van der Waals surface area contributed by atoms with Crippen molar-refractivity contribution in [1.82, 2.24) is 10.6 Å². The summed E-state index contributed by atoms with van der Waals surface area (Å²) >= 11 is 7.52. The lowest BCUT2D eigenvalue weighted by molar-refractivity contribution is -0.139. The molecular weight excluding hydrogens is 436 g/mol. The van der Waals surface area contributed by atoms with Crippen molar-refractivity contribution in [3.63, 3.8) is 0 Å². The van der Waals surface area contributed by atoms with Crippen LogP contribution in [-0.4, -0.2) is 81.2 Å². The van der Waals surface area contributed by atoms with E-state index in [2.05, 4.69) is 35.9 Å². The molecule has 0 aliphatic rings. The van der Waals surface area contributed by atoms with Gasteiger partial charge < -0.3 is 37.4 Å². The van der Waals surface area contributed by atoms with E-state index in [1.807, 2.05) is 0 Å². The van der Waals surface area contributed by atoms with Crippen LogP contribution in [0.25, 0.3) is 0 Å². The van der Waals surface area contributed by atoms with Gasteiger partial charge in [0.25, 0.3) is 0 Å². The average molecular weight is 463 g/mol. The van der Waals surface area contributed by atoms with Gasteiger partial charge in [-0.25, -0.2) is 0 Å². The van der Waals surface area contributed by atoms with E-state index >= 15 is 0 Å². The zero-order valence-corrected chi connectivity index (χ0v) is 17.5. The molecule has 12 nitrogen and oxygen atoms in total. The van der Waals surface area contributed by atoms with Crippen molar-refractivity contribution in [2.75, 3.05) is 18.1 Å². The molecule has 0 radical (unpaired) electrons. The van der Waals surface area contributed by atoms with Crippen molar-refractivity contribution in [2.45, 2.75) is 31.0 Å². The van der Waals surface area contributed by atoms with Crippen molar-refractivity contribution in [3.8, 4) is 0 Å². The van der Waals surface area contributed by atoms with E-state index in [0.717, 1.165) is 0 Å². The van der Waals surface area contributed by atoms with E-state index < -0.39 is 54.4 Å². The Labute approximate surface area is 179 Å². The molecule has 2 amide bonds. The molecule has 0 spiro atoms. The normalized spacial score (nSPS) is 12.7. The summed E-state index contributed by atoms with van der Waals surface area (Å²) in [6.45, 7) is -0.567. The lowest BCUT2D eigenvalue weighted by Gasteiger charge is -2.16. The summed E-state index contributed by atoms with van der Waals surface area (Å²) in [4.78, 5) is 53.5. The Morgan fingerprint density at radius 1 is 0.893 bits per heavy atom. The quantitative estimate of drug-likeness (QED) is 0.144. The van der Waals surface area contributed by atoms with Crippen molar-refractivity contribution in [1.29, 1.82) is 0 Å². The molecular formula is C13H26N4O8S3. The average Bonchev–Trinajstić information content (AvgIpc) is 2.61. The third kappa shape index (κ3) is 16.5. The first kappa shape index (κ1) is 31.0. The van der Waals surface area contributed by atoms with Crippen molar-refractivity contribution >= 4 is 68.5 Å². The SMILES string of the molecule is NC(CS)C(=O)O.N[C@@H](CCC(=O)N[C@@H](CS)C(=O)NCC(=O)O)C(=O)O.S. The second-order valence-electron chi connectivity index (χ2n) is 5.02. The number of nitrogens with two attached hydrogens (primary N) is 2. The van der Waals surface area contributed by atoms with Gasteiger partial charge in [0.05, 0.1) is 0 Å². The van der Waals surface area contributed by atoms with Gasteiger partial charge in [-0.1, -0.05) is 0 Å². The number of hydrogen-bond donors (Lipinski definition) is 9. The number of carboxylic acids is 3. The maximum absolute atomic E-state index is 11.5. The predicted molar refractivity (Wildman–Crippen MR) is 111 cm³/mol. The number of rotatable bonds is 11. The third-order valence-electron chi connectivity index (χ3n) is 2.76. The summed E-state index contributed by atoms with van der Waals surface area (Å²) in [7, 11) is 0. The number of hydrogen-bond acceptors (Lipinski definition) is 9. The lowest BCUT2D eigenvalue weighted by atomic mass is 10.1. The van der Waals surface area contributed by atoms with Gasteiger partial charge in [0.15, 0.2) is 0 Å². The molecule has 0 aliphatic heterocycles. The zero-order chi connectivity index (χ0) is 21.6. The Hall–Kier alpha value is -1.68. The van der Waals surface area contributed by atoms with E-state index in [9.17, 15) is 24.0 Å². The highest BCUT2D eigenvalue weighted by molar-refractivity contribution is 7.80. The number of thiol groups is 2. The van der Waals surface area contributed by atoms with Crippen molar-refractivity contribution < 1.29 is 39.3 Å². The molecule has 0 aliphatic carbocycles. The Bertz CT molecular complexity index is 538. The summed E-state index contributed by atoms with van der Waals surface area (Å²) in [5.74, 6) is -4.52. The molecule has 1 unspecified atom stereocenters. The first-order chi connectivity index (χ1) is 12.5. The molecule has 164 valence electrons. The van der Waals surface area contributed by atoms with Gasteiger partial charge >= 0.3 is 17.9 Å². The van der Waals surface area contributed by atoms with Gasteiger partial charge in [-0.05, 0) is 6.42 Å². The van der Waals surface area contributed by atoms with Crippen LogP contribution in [0, 0.1) is 0 Å². The molecule has 0 aromatic heterocycles. The van der Waals surface area contributed by atoms with Crippen LogP contribution in [0.1, 0.15) is 12.8 Å². The molecule has 0 saturated heterocycles. The van der Waals surface area contributed by atoms with Crippen LogP contribution in [0.4, 0.5) is 0 Å². The van der Waals surface area contributed by atoms with Crippen LogP contribution in [0.5, 0.6) is 0 Å². The predicted octanol–water partition coefficient (Wildman–Crippen LogP) is -2.77. The monoisotopic (exact) mass is 462 g/mol. The number of carboxylic acid groups (broad SMARTS) is 3. The van der Waals surface area contributed by atoms with Gasteiger partial charge in [0, 0.05) is 17.9 Å². The largest absolute Gasteiger partial charge is 0.480 e. The highest BCUT2D eigenvalue weighted by Crippen LogP contribution is 1.97. The van der Waals surface area contributed by atoms with E-state index in [-0.39, 0.29) is 37.8 Å². The smallest absolute Gasteiger partial charge is 0.322 e. The van der Waals surface area contributed by atoms with E-state index in [1.165, 1.54) is 0 Å². The summed E-state index contributed by atoms with van der Waals surface area (Å²) in [5, 5.41) is 29.4. The van der Waals surface area contributed by atoms with Gasteiger partial charge in [0.2, 0.25) is 11.8 Å². The summed E-state index contributed by atoms with van der Waals surface area (Å²) in [6, 6.07) is -2.97. The molecule has 0 aromatic carbocycles. The second-order valence-corrected chi connectivity index (χ2v) is 5.76. The minimum atomic E-state index is -1.22. The molecule has 28 heavy (non-hydrogen) atoms. The first-order valence-corrected chi connectivity index (χ1v) is 8.70. The number of nitrogens with one attached hydrogen (secondary N) is 2. The molecule has 15 heteroatoms. The fourth-order valence-electron chi connectivity index (χ4n) is 1.23. The van der Waals surface area contributed by atoms with Crippen LogP contribution in [-0.2, 0) is 24.0 Å². The molecule has 0 bridgehead atoms. The van der Waals surface area contributed by atoms with Crippen LogP contribution < -0.4 is 22.1 Å². The maximum Gasteiger partial charge on any atom is 0.322 e. The van der Waals surface area contributed by atoms with Crippen LogP contribution in [0.15, 0.2) is 0 Å². The summed E-state index contributed by atoms with van der Waals surface area (Å²) < 4.78 is 0. The highest BCUT2D eigenvalue weighted by atomic mass is 32.1. The van der Waals surface area contributed by atoms with Gasteiger partial charge in [-0.2, -0.15) is 38.8 Å². The minimum absolute atomic E-state index is 0. The zero-order valence-electron chi connectivity index (χ0n) is 14.7. The van der Waals surface area contributed by atoms with Crippen LogP contribution >= 0.6 is 38.8 Å². The summed E-state index contributed by atoms with van der Waals surface area (Å²) in [6.07, 6.45) is -0.235. The Kier molecular flexibility index (Phi) is 19.3. The van der Waals surface area contributed by atoms with Gasteiger partial charge in [-0.3, -0.25) is 24.0 Å². The Morgan fingerprint density at radius 3 is 1.71 bits per heavy atom. The molecule has 0 fully saturated rings.